The minimum Gasteiger partial charge on any atom is -0.492 e. The standard InChI is InChI=1S/C18H20ClNO4/c1-13(18(21)22)24-17-4-2-3-14(11-17)12-20-9-10-23-16-7-5-15(19)6-8-16/h2-8,11,13,20H,9-10,12H2,1H3,(H,21,22). The van der Waals surface area contributed by atoms with Crippen molar-refractivity contribution >= 4 is 17.6 Å². The summed E-state index contributed by atoms with van der Waals surface area (Å²) < 4.78 is 10.9. The topological polar surface area (TPSA) is 67.8 Å². The summed E-state index contributed by atoms with van der Waals surface area (Å²) in [5.74, 6) is 0.332. The van der Waals surface area contributed by atoms with Gasteiger partial charge in [0.15, 0.2) is 6.10 Å². The van der Waals surface area contributed by atoms with E-state index in [1.54, 1.807) is 18.2 Å². The molecule has 0 radical (unpaired) electrons. The Morgan fingerprint density at radius 3 is 2.67 bits per heavy atom. The van der Waals surface area contributed by atoms with Crippen LogP contribution >= 0.6 is 11.6 Å². The van der Waals surface area contributed by atoms with Gasteiger partial charge in [-0.1, -0.05) is 23.7 Å². The first-order valence-electron chi connectivity index (χ1n) is 7.62. The van der Waals surface area contributed by atoms with Crippen molar-refractivity contribution in [3.05, 3.63) is 59.1 Å². The first kappa shape index (κ1) is 18.1. The summed E-state index contributed by atoms with van der Waals surface area (Å²) in [5.41, 5.74) is 1.01. The summed E-state index contributed by atoms with van der Waals surface area (Å²) in [7, 11) is 0. The lowest BCUT2D eigenvalue weighted by atomic mass is 10.2. The fourth-order valence-electron chi connectivity index (χ4n) is 1.99. The number of hydrogen-bond acceptors (Lipinski definition) is 4. The number of benzene rings is 2. The molecule has 0 fully saturated rings. The number of hydrogen-bond donors (Lipinski definition) is 2. The van der Waals surface area contributed by atoms with Gasteiger partial charge in [0, 0.05) is 18.1 Å². The van der Waals surface area contributed by atoms with Gasteiger partial charge in [0.25, 0.3) is 0 Å². The maximum atomic E-state index is 10.8. The van der Waals surface area contributed by atoms with E-state index in [4.69, 9.17) is 26.2 Å². The molecule has 128 valence electrons. The quantitative estimate of drug-likeness (QED) is 0.679. The summed E-state index contributed by atoms with van der Waals surface area (Å²) >= 11 is 5.81. The van der Waals surface area contributed by atoms with E-state index in [9.17, 15) is 4.79 Å². The van der Waals surface area contributed by atoms with E-state index >= 15 is 0 Å². The van der Waals surface area contributed by atoms with Crippen LogP contribution in [0.15, 0.2) is 48.5 Å². The molecule has 5 nitrogen and oxygen atoms in total. The van der Waals surface area contributed by atoms with E-state index in [1.807, 2.05) is 30.3 Å². The van der Waals surface area contributed by atoms with Crippen molar-refractivity contribution in [3.8, 4) is 11.5 Å². The molecule has 2 aromatic carbocycles. The van der Waals surface area contributed by atoms with Gasteiger partial charge in [0.2, 0.25) is 0 Å². The fraction of sp³-hybridized carbons (Fsp3) is 0.278. The molecule has 0 aliphatic carbocycles. The van der Waals surface area contributed by atoms with Crippen LogP contribution in [0.3, 0.4) is 0 Å². The first-order valence-corrected chi connectivity index (χ1v) is 8.00. The van der Waals surface area contributed by atoms with Crippen molar-refractivity contribution in [2.75, 3.05) is 13.2 Å². The van der Waals surface area contributed by atoms with Crippen LogP contribution in [0.2, 0.25) is 5.02 Å². The van der Waals surface area contributed by atoms with Crippen molar-refractivity contribution < 1.29 is 19.4 Å². The number of ether oxygens (including phenoxy) is 2. The molecular weight excluding hydrogens is 330 g/mol. The Bertz CT molecular complexity index is 660. The van der Waals surface area contributed by atoms with Crippen LogP contribution in [0, 0.1) is 0 Å². The fourth-order valence-corrected chi connectivity index (χ4v) is 2.11. The highest BCUT2D eigenvalue weighted by molar-refractivity contribution is 6.30. The summed E-state index contributed by atoms with van der Waals surface area (Å²) in [5, 5.41) is 12.8. The van der Waals surface area contributed by atoms with Crippen LogP contribution in [0.4, 0.5) is 0 Å². The second kappa shape index (κ2) is 9.15. The Morgan fingerprint density at radius 1 is 1.21 bits per heavy atom. The molecule has 0 spiro atoms. The van der Waals surface area contributed by atoms with Gasteiger partial charge < -0.3 is 19.9 Å². The Kier molecular flexibility index (Phi) is 6.90. The van der Waals surface area contributed by atoms with E-state index < -0.39 is 12.1 Å². The van der Waals surface area contributed by atoms with Crippen molar-refractivity contribution in [1.29, 1.82) is 0 Å². The largest absolute Gasteiger partial charge is 0.492 e. The molecular formula is C18H20ClNO4. The molecule has 0 aliphatic heterocycles. The number of halogens is 1. The van der Waals surface area contributed by atoms with Crippen molar-refractivity contribution in [2.45, 2.75) is 19.6 Å². The number of aliphatic carboxylic acids is 1. The van der Waals surface area contributed by atoms with Crippen LogP contribution in [-0.2, 0) is 11.3 Å². The number of carboxylic acid groups (broad SMARTS) is 1. The molecule has 0 saturated heterocycles. The molecule has 0 aromatic heterocycles. The van der Waals surface area contributed by atoms with Gasteiger partial charge in [-0.2, -0.15) is 0 Å². The number of rotatable bonds is 9. The minimum atomic E-state index is -0.988. The lowest BCUT2D eigenvalue weighted by molar-refractivity contribution is -0.144. The molecule has 0 bridgehead atoms. The number of carboxylic acids is 1. The predicted molar refractivity (Wildman–Crippen MR) is 92.8 cm³/mol. The maximum absolute atomic E-state index is 10.8. The SMILES string of the molecule is CC(Oc1cccc(CNCCOc2ccc(Cl)cc2)c1)C(=O)O. The van der Waals surface area contributed by atoms with Crippen LogP contribution in [0.1, 0.15) is 12.5 Å². The average molecular weight is 350 g/mol. The average Bonchev–Trinajstić information content (AvgIpc) is 2.56. The highest BCUT2D eigenvalue weighted by Crippen LogP contribution is 2.16. The van der Waals surface area contributed by atoms with Gasteiger partial charge in [-0.25, -0.2) is 4.79 Å². The highest BCUT2D eigenvalue weighted by atomic mass is 35.5. The van der Waals surface area contributed by atoms with Crippen LogP contribution < -0.4 is 14.8 Å². The lowest BCUT2D eigenvalue weighted by Gasteiger charge is -2.12. The Hall–Kier alpha value is -2.24. The number of nitrogens with one attached hydrogen (secondary N) is 1. The minimum absolute atomic E-state index is 0.536. The van der Waals surface area contributed by atoms with Crippen LogP contribution in [0.25, 0.3) is 0 Å². The molecule has 1 atom stereocenters. The van der Waals surface area contributed by atoms with Crippen molar-refractivity contribution in [1.82, 2.24) is 5.32 Å². The van der Waals surface area contributed by atoms with E-state index in [1.165, 1.54) is 6.92 Å². The Morgan fingerprint density at radius 2 is 1.96 bits per heavy atom. The van der Waals surface area contributed by atoms with E-state index in [0.29, 0.717) is 30.5 Å². The highest BCUT2D eigenvalue weighted by Gasteiger charge is 2.12. The van der Waals surface area contributed by atoms with Crippen LogP contribution in [0.5, 0.6) is 11.5 Å². The molecule has 1 unspecified atom stereocenters. The summed E-state index contributed by atoms with van der Waals surface area (Å²) in [6.45, 7) is 3.36. The lowest BCUT2D eigenvalue weighted by Crippen LogP contribution is -2.23. The van der Waals surface area contributed by atoms with E-state index in [0.717, 1.165) is 11.3 Å². The zero-order valence-corrected chi connectivity index (χ0v) is 14.1. The third kappa shape index (κ3) is 6.10. The second-order valence-electron chi connectivity index (χ2n) is 5.22. The molecule has 2 N–H and O–H groups in total. The zero-order valence-electron chi connectivity index (χ0n) is 13.4. The normalized spacial score (nSPS) is 11.8. The Labute approximate surface area is 146 Å². The van der Waals surface area contributed by atoms with E-state index in [-0.39, 0.29) is 0 Å². The first-order chi connectivity index (χ1) is 11.5. The molecule has 0 amide bonds. The summed E-state index contributed by atoms with van der Waals surface area (Å²) in [4.78, 5) is 10.8. The number of carbonyl (C=O) groups is 1. The Balaban J connectivity index is 1.72. The van der Waals surface area contributed by atoms with E-state index in [2.05, 4.69) is 5.32 Å². The van der Waals surface area contributed by atoms with Crippen LogP contribution in [-0.4, -0.2) is 30.3 Å². The maximum Gasteiger partial charge on any atom is 0.344 e. The van der Waals surface area contributed by atoms with Gasteiger partial charge in [-0.15, -0.1) is 0 Å². The van der Waals surface area contributed by atoms with Gasteiger partial charge >= 0.3 is 5.97 Å². The van der Waals surface area contributed by atoms with Crippen molar-refractivity contribution in [3.63, 3.8) is 0 Å². The molecule has 0 heterocycles. The summed E-state index contributed by atoms with van der Waals surface area (Å²) in [6, 6.07) is 14.6. The van der Waals surface area contributed by atoms with Gasteiger partial charge in [-0.05, 0) is 48.9 Å². The van der Waals surface area contributed by atoms with Gasteiger partial charge in [-0.3, -0.25) is 0 Å². The third-order valence-electron chi connectivity index (χ3n) is 3.25. The summed E-state index contributed by atoms with van der Waals surface area (Å²) in [6.07, 6.45) is -0.874. The smallest absolute Gasteiger partial charge is 0.344 e. The molecule has 2 rings (SSSR count). The van der Waals surface area contributed by atoms with Crippen molar-refractivity contribution in [2.24, 2.45) is 0 Å². The van der Waals surface area contributed by atoms with Gasteiger partial charge in [0.05, 0.1) is 0 Å². The molecule has 0 saturated carbocycles. The zero-order chi connectivity index (χ0) is 17.4. The molecule has 24 heavy (non-hydrogen) atoms. The second-order valence-corrected chi connectivity index (χ2v) is 5.66. The third-order valence-corrected chi connectivity index (χ3v) is 3.50. The van der Waals surface area contributed by atoms with Gasteiger partial charge in [0.1, 0.15) is 18.1 Å². The molecule has 0 aliphatic rings. The molecule has 6 heteroatoms. The predicted octanol–water partition coefficient (Wildman–Crippen LogP) is 3.36. The molecule has 2 aromatic rings. The monoisotopic (exact) mass is 349 g/mol.